The molecule has 0 saturated heterocycles. The lowest BCUT2D eigenvalue weighted by molar-refractivity contribution is -0.138. The van der Waals surface area contributed by atoms with Crippen molar-refractivity contribution in [1.29, 1.82) is 0 Å². The van der Waals surface area contributed by atoms with Crippen molar-refractivity contribution in [3.05, 3.63) is 35.9 Å². The fourth-order valence-corrected chi connectivity index (χ4v) is 1.10. The van der Waals surface area contributed by atoms with E-state index in [9.17, 15) is 9.59 Å². The first-order chi connectivity index (χ1) is 8.47. The van der Waals surface area contributed by atoms with Gasteiger partial charge in [0.2, 0.25) is 0 Å². The third-order valence-corrected chi connectivity index (χ3v) is 1.90. The van der Waals surface area contributed by atoms with Crippen molar-refractivity contribution in [2.45, 2.75) is 19.4 Å². The molecule has 0 unspecified atom stereocenters. The number of aliphatic carboxylic acids is 1. The van der Waals surface area contributed by atoms with Gasteiger partial charge in [0.1, 0.15) is 6.04 Å². The van der Waals surface area contributed by atoms with Crippen LogP contribution in [0.4, 0.5) is 4.79 Å². The minimum absolute atomic E-state index is 0.356. The Hall–Kier alpha value is -2.08. The molecule has 100 valence electrons. The van der Waals surface area contributed by atoms with Gasteiger partial charge in [-0.15, -0.1) is 0 Å². The van der Waals surface area contributed by atoms with Crippen LogP contribution >= 0.6 is 0 Å². The lowest BCUT2D eigenvalue weighted by Crippen LogP contribution is -2.32. The van der Waals surface area contributed by atoms with Crippen LogP contribution in [0.5, 0.6) is 0 Å². The number of rotatable bonds is 4. The summed E-state index contributed by atoms with van der Waals surface area (Å²) in [7, 11) is 0. The number of hydrogen-bond donors (Lipinski definition) is 3. The van der Waals surface area contributed by atoms with Crippen molar-refractivity contribution >= 4 is 12.1 Å². The maximum Gasteiger partial charge on any atom is 0.404 e. The summed E-state index contributed by atoms with van der Waals surface area (Å²) in [6.45, 7) is 2.06. The van der Waals surface area contributed by atoms with Gasteiger partial charge >= 0.3 is 12.1 Å². The van der Waals surface area contributed by atoms with Crippen LogP contribution in [-0.2, 0) is 16.0 Å². The van der Waals surface area contributed by atoms with Crippen LogP contribution in [-0.4, -0.2) is 29.8 Å². The molecule has 18 heavy (non-hydrogen) atoms. The average Bonchev–Trinajstić information content (AvgIpc) is 2.30. The highest BCUT2D eigenvalue weighted by Crippen LogP contribution is 2.01. The minimum atomic E-state index is -0.959. The molecule has 0 aromatic heterocycles. The van der Waals surface area contributed by atoms with Gasteiger partial charge in [0.15, 0.2) is 0 Å². The van der Waals surface area contributed by atoms with Crippen molar-refractivity contribution in [2.75, 3.05) is 6.61 Å². The van der Waals surface area contributed by atoms with E-state index in [0.29, 0.717) is 13.0 Å². The van der Waals surface area contributed by atoms with Gasteiger partial charge < -0.3 is 21.3 Å². The minimum Gasteiger partial charge on any atom is -0.480 e. The number of carbonyl (C=O) groups is 2. The van der Waals surface area contributed by atoms with Crippen molar-refractivity contribution in [1.82, 2.24) is 0 Å². The van der Waals surface area contributed by atoms with Gasteiger partial charge in [0.05, 0.1) is 6.61 Å². The Morgan fingerprint density at radius 1 is 1.33 bits per heavy atom. The van der Waals surface area contributed by atoms with Crippen molar-refractivity contribution in [3.63, 3.8) is 0 Å². The second-order valence-electron chi connectivity index (χ2n) is 3.39. The monoisotopic (exact) mass is 254 g/mol. The lowest BCUT2D eigenvalue weighted by atomic mass is 10.1. The number of amides is 1. The number of benzene rings is 1. The van der Waals surface area contributed by atoms with E-state index in [4.69, 9.17) is 10.8 Å². The summed E-state index contributed by atoms with van der Waals surface area (Å²) in [5.41, 5.74) is 10.8. The number of primary amides is 1. The van der Waals surface area contributed by atoms with E-state index in [-0.39, 0.29) is 0 Å². The Bertz CT molecular complexity index is 368. The van der Waals surface area contributed by atoms with Crippen molar-refractivity contribution in [3.8, 4) is 0 Å². The normalized spacial score (nSPS) is 10.8. The van der Waals surface area contributed by atoms with E-state index < -0.39 is 18.1 Å². The molecule has 1 aromatic carbocycles. The number of hydrogen-bond acceptors (Lipinski definition) is 4. The maximum atomic E-state index is 10.4. The molecule has 6 nitrogen and oxygen atoms in total. The molecule has 1 atom stereocenters. The summed E-state index contributed by atoms with van der Waals surface area (Å²) in [6, 6.07) is 8.54. The van der Waals surface area contributed by atoms with Crippen LogP contribution in [0.15, 0.2) is 30.3 Å². The van der Waals surface area contributed by atoms with Crippen LogP contribution in [0, 0.1) is 0 Å². The van der Waals surface area contributed by atoms with Crippen LogP contribution < -0.4 is 11.5 Å². The Morgan fingerprint density at radius 3 is 2.22 bits per heavy atom. The molecule has 0 saturated carbocycles. The summed E-state index contributed by atoms with van der Waals surface area (Å²) >= 11 is 0. The van der Waals surface area contributed by atoms with E-state index in [1.165, 1.54) is 0 Å². The SMILES string of the molecule is CCOC(N)=O.N[C@@H](Cc1ccccc1)C(=O)O. The molecular weight excluding hydrogens is 236 g/mol. The molecule has 6 heteroatoms. The van der Waals surface area contributed by atoms with Gasteiger partial charge in [0.25, 0.3) is 0 Å². The zero-order valence-electron chi connectivity index (χ0n) is 10.2. The van der Waals surface area contributed by atoms with Gasteiger partial charge in [-0.25, -0.2) is 4.79 Å². The molecule has 0 aliphatic heterocycles. The number of carboxylic acids is 1. The summed E-state index contributed by atoms with van der Waals surface area (Å²) in [6.07, 6.45) is -0.326. The topological polar surface area (TPSA) is 116 Å². The highest BCUT2D eigenvalue weighted by Gasteiger charge is 2.10. The largest absolute Gasteiger partial charge is 0.480 e. The Kier molecular flexibility index (Phi) is 7.96. The number of nitrogens with two attached hydrogens (primary N) is 2. The van der Waals surface area contributed by atoms with E-state index in [1.54, 1.807) is 6.92 Å². The number of ether oxygens (including phenoxy) is 1. The van der Waals surface area contributed by atoms with Crippen LogP contribution in [0.3, 0.4) is 0 Å². The second-order valence-corrected chi connectivity index (χ2v) is 3.39. The third kappa shape index (κ3) is 8.12. The molecule has 1 rings (SSSR count). The highest BCUT2D eigenvalue weighted by atomic mass is 16.5. The number of carboxylic acid groups (broad SMARTS) is 1. The second kappa shape index (κ2) is 9.00. The Morgan fingerprint density at radius 2 is 1.89 bits per heavy atom. The first-order valence-corrected chi connectivity index (χ1v) is 5.41. The predicted molar refractivity (Wildman–Crippen MR) is 67.0 cm³/mol. The summed E-state index contributed by atoms with van der Waals surface area (Å²) in [5.74, 6) is -0.959. The summed E-state index contributed by atoms with van der Waals surface area (Å²) in [5, 5.41) is 8.52. The molecule has 5 N–H and O–H groups in total. The third-order valence-electron chi connectivity index (χ3n) is 1.90. The molecule has 1 aromatic rings. The average molecular weight is 254 g/mol. The molecule has 0 fully saturated rings. The predicted octanol–water partition coefficient (Wildman–Crippen LogP) is 0.743. The fraction of sp³-hybridized carbons (Fsp3) is 0.333. The quantitative estimate of drug-likeness (QED) is 0.733. The highest BCUT2D eigenvalue weighted by molar-refractivity contribution is 5.73. The molecule has 0 spiro atoms. The molecular formula is C12H18N2O4. The lowest BCUT2D eigenvalue weighted by Gasteiger charge is -2.04. The van der Waals surface area contributed by atoms with Gasteiger partial charge in [0, 0.05) is 0 Å². The van der Waals surface area contributed by atoms with E-state index in [0.717, 1.165) is 5.56 Å². The van der Waals surface area contributed by atoms with Gasteiger partial charge in [-0.3, -0.25) is 4.79 Å². The van der Waals surface area contributed by atoms with Crippen LogP contribution in [0.2, 0.25) is 0 Å². The van der Waals surface area contributed by atoms with Crippen LogP contribution in [0.1, 0.15) is 12.5 Å². The molecule has 0 aliphatic rings. The standard InChI is InChI=1S/C9H11NO2.C3H7NO2/c10-8(9(11)12)6-7-4-2-1-3-5-7;1-2-6-3(4)5/h1-5,8H,6,10H2,(H,11,12);2H2,1H3,(H2,4,5)/t8-;/m0./s1. The van der Waals surface area contributed by atoms with E-state index >= 15 is 0 Å². The van der Waals surface area contributed by atoms with Crippen molar-refractivity contribution in [2.24, 2.45) is 11.5 Å². The zero-order chi connectivity index (χ0) is 14.0. The van der Waals surface area contributed by atoms with E-state index in [2.05, 4.69) is 10.5 Å². The smallest absolute Gasteiger partial charge is 0.404 e. The van der Waals surface area contributed by atoms with Gasteiger partial charge in [-0.1, -0.05) is 30.3 Å². The molecule has 0 heterocycles. The molecule has 0 radical (unpaired) electrons. The first kappa shape index (κ1) is 15.9. The van der Waals surface area contributed by atoms with Gasteiger partial charge in [-0.05, 0) is 18.9 Å². The first-order valence-electron chi connectivity index (χ1n) is 5.41. The molecule has 0 bridgehead atoms. The fourth-order valence-electron chi connectivity index (χ4n) is 1.10. The summed E-state index contributed by atoms with van der Waals surface area (Å²) in [4.78, 5) is 20.0. The van der Waals surface area contributed by atoms with Crippen LogP contribution in [0.25, 0.3) is 0 Å². The molecule has 1 amide bonds. The molecule has 0 aliphatic carbocycles. The summed E-state index contributed by atoms with van der Waals surface area (Å²) < 4.78 is 4.18. The maximum absolute atomic E-state index is 10.4. The zero-order valence-corrected chi connectivity index (χ0v) is 10.2. The van der Waals surface area contributed by atoms with Crippen molar-refractivity contribution < 1.29 is 19.4 Å². The Balaban J connectivity index is 0.000000411. The number of carbonyl (C=O) groups excluding carboxylic acids is 1. The van der Waals surface area contributed by atoms with Gasteiger partial charge in [-0.2, -0.15) is 0 Å². The van der Waals surface area contributed by atoms with E-state index in [1.807, 2.05) is 30.3 Å². The Labute approximate surface area is 106 Å².